The Morgan fingerprint density at radius 2 is 2.05 bits per heavy atom. The van der Waals surface area contributed by atoms with E-state index >= 15 is 0 Å². The molecule has 0 aromatic carbocycles. The van der Waals surface area contributed by atoms with Gasteiger partial charge in [-0.15, -0.1) is 0 Å². The molecule has 0 aliphatic carbocycles. The van der Waals surface area contributed by atoms with Crippen molar-refractivity contribution in [2.24, 2.45) is 0 Å². The van der Waals surface area contributed by atoms with Crippen LogP contribution in [0.3, 0.4) is 0 Å². The number of pyridine rings is 2. The topological polar surface area (TPSA) is 47.4 Å². The fourth-order valence-electron chi connectivity index (χ4n) is 2.43. The van der Waals surface area contributed by atoms with Crippen molar-refractivity contribution in [3.05, 3.63) is 38.6 Å². The average molecular weight is 385 g/mol. The second kappa shape index (κ2) is 6.19. The SMILES string of the molecule is O=c1c2cnccc2c(I)cn1CCN1CCOCC1. The van der Waals surface area contributed by atoms with Gasteiger partial charge in [0.15, 0.2) is 0 Å². The molecule has 5 nitrogen and oxygen atoms in total. The van der Waals surface area contributed by atoms with E-state index in [0.717, 1.165) is 41.8 Å². The molecule has 0 N–H and O–H groups in total. The lowest BCUT2D eigenvalue weighted by Crippen LogP contribution is -2.39. The summed E-state index contributed by atoms with van der Waals surface area (Å²) in [5, 5.41) is 1.68. The van der Waals surface area contributed by atoms with Gasteiger partial charge in [-0.3, -0.25) is 14.7 Å². The van der Waals surface area contributed by atoms with Crippen LogP contribution in [0.25, 0.3) is 10.8 Å². The van der Waals surface area contributed by atoms with Crippen molar-refractivity contribution in [1.82, 2.24) is 14.5 Å². The lowest BCUT2D eigenvalue weighted by molar-refractivity contribution is 0.0363. The highest BCUT2D eigenvalue weighted by Crippen LogP contribution is 2.16. The van der Waals surface area contributed by atoms with Crippen molar-refractivity contribution in [1.29, 1.82) is 0 Å². The number of ether oxygens (including phenoxy) is 1. The second-order valence-electron chi connectivity index (χ2n) is 4.85. The van der Waals surface area contributed by atoms with Gasteiger partial charge in [0.05, 0.1) is 18.6 Å². The van der Waals surface area contributed by atoms with Crippen molar-refractivity contribution in [3.8, 4) is 0 Å². The molecular formula is C14H16IN3O2. The Kier molecular flexibility index (Phi) is 4.32. The predicted octanol–water partition coefficient (Wildman–Crippen LogP) is 1.33. The maximum Gasteiger partial charge on any atom is 0.260 e. The Labute approximate surface area is 130 Å². The normalized spacial score (nSPS) is 16.6. The van der Waals surface area contributed by atoms with Crippen LogP contribution >= 0.6 is 22.6 Å². The van der Waals surface area contributed by atoms with E-state index < -0.39 is 0 Å². The minimum Gasteiger partial charge on any atom is -0.379 e. The second-order valence-corrected chi connectivity index (χ2v) is 6.01. The van der Waals surface area contributed by atoms with Gasteiger partial charge in [0.25, 0.3) is 5.56 Å². The average Bonchev–Trinajstić information content (AvgIpc) is 2.50. The third-order valence-electron chi connectivity index (χ3n) is 3.60. The number of morpholine rings is 1. The Bertz CT molecular complexity index is 665. The summed E-state index contributed by atoms with van der Waals surface area (Å²) in [6, 6.07) is 1.89. The highest BCUT2D eigenvalue weighted by atomic mass is 127. The molecule has 1 saturated heterocycles. The first-order chi connectivity index (χ1) is 9.75. The summed E-state index contributed by atoms with van der Waals surface area (Å²) in [7, 11) is 0. The molecule has 1 aliphatic rings. The third kappa shape index (κ3) is 2.87. The van der Waals surface area contributed by atoms with Crippen LogP contribution in [-0.4, -0.2) is 47.3 Å². The van der Waals surface area contributed by atoms with Gasteiger partial charge >= 0.3 is 0 Å². The van der Waals surface area contributed by atoms with E-state index in [1.165, 1.54) is 0 Å². The molecular weight excluding hydrogens is 369 g/mol. The molecule has 0 unspecified atom stereocenters. The summed E-state index contributed by atoms with van der Waals surface area (Å²) in [4.78, 5) is 18.8. The summed E-state index contributed by atoms with van der Waals surface area (Å²) in [6.07, 6.45) is 5.32. The Morgan fingerprint density at radius 1 is 1.25 bits per heavy atom. The van der Waals surface area contributed by atoms with Crippen molar-refractivity contribution in [3.63, 3.8) is 0 Å². The molecule has 3 rings (SSSR count). The zero-order valence-electron chi connectivity index (χ0n) is 11.1. The molecule has 0 saturated carbocycles. The molecule has 0 atom stereocenters. The molecule has 0 radical (unpaired) electrons. The van der Waals surface area contributed by atoms with Crippen molar-refractivity contribution >= 4 is 33.4 Å². The first kappa shape index (κ1) is 14.0. The summed E-state index contributed by atoms with van der Waals surface area (Å²) < 4.78 is 8.21. The van der Waals surface area contributed by atoms with Crippen LogP contribution in [0, 0.1) is 3.57 Å². The first-order valence-electron chi connectivity index (χ1n) is 6.68. The quantitative estimate of drug-likeness (QED) is 0.749. The van der Waals surface area contributed by atoms with Crippen molar-refractivity contribution in [2.45, 2.75) is 6.54 Å². The van der Waals surface area contributed by atoms with Crippen LogP contribution in [0.4, 0.5) is 0 Å². The zero-order chi connectivity index (χ0) is 13.9. The van der Waals surface area contributed by atoms with Crippen LogP contribution < -0.4 is 5.56 Å². The summed E-state index contributed by atoms with van der Waals surface area (Å²) in [6.45, 7) is 5.05. The molecule has 2 aromatic heterocycles. The highest BCUT2D eigenvalue weighted by Gasteiger charge is 2.11. The smallest absolute Gasteiger partial charge is 0.260 e. The zero-order valence-corrected chi connectivity index (χ0v) is 13.2. The molecule has 2 aromatic rings. The van der Waals surface area contributed by atoms with E-state index in [-0.39, 0.29) is 5.56 Å². The van der Waals surface area contributed by atoms with Crippen LogP contribution in [0.5, 0.6) is 0 Å². The van der Waals surface area contributed by atoms with Gasteiger partial charge in [-0.2, -0.15) is 0 Å². The summed E-state index contributed by atoms with van der Waals surface area (Å²) in [5.74, 6) is 0. The number of hydrogen-bond donors (Lipinski definition) is 0. The summed E-state index contributed by atoms with van der Waals surface area (Å²) in [5.41, 5.74) is 0.0433. The van der Waals surface area contributed by atoms with E-state index in [4.69, 9.17) is 4.74 Å². The lowest BCUT2D eigenvalue weighted by Gasteiger charge is -2.26. The number of aromatic nitrogens is 2. The molecule has 106 valence electrons. The molecule has 1 aliphatic heterocycles. The number of hydrogen-bond acceptors (Lipinski definition) is 4. The van der Waals surface area contributed by atoms with E-state index in [1.54, 1.807) is 17.0 Å². The minimum absolute atomic E-state index is 0.0433. The number of halogens is 1. The van der Waals surface area contributed by atoms with Gasteiger partial charge < -0.3 is 9.30 Å². The Balaban J connectivity index is 1.84. The first-order valence-corrected chi connectivity index (χ1v) is 7.76. The van der Waals surface area contributed by atoms with Gasteiger partial charge in [-0.1, -0.05) is 0 Å². The molecule has 6 heteroatoms. The molecule has 0 spiro atoms. The van der Waals surface area contributed by atoms with Gasteiger partial charge in [0.2, 0.25) is 0 Å². The Hall–Kier alpha value is -0.990. The third-order valence-corrected chi connectivity index (χ3v) is 4.46. The molecule has 3 heterocycles. The fourth-order valence-corrected chi connectivity index (χ4v) is 3.24. The Morgan fingerprint density at radius 3 is 2.85 bits per heavy atom. The number of fused-ring (bicyclic) bond motifs is 1. The van der Waals surface area contributed by atoms with Gasteiger partial charge in [0, 0.05) is 53.7 Å². The largest absolute Gasteiger partial charge is 0.379 e. The summed E-state index contributed by atoms with van der Waals surface area (Å²) >= 11 is 2.27. The number of nitrogens with zero attached hydrogens (tertiary/aromatic N) is 3. The number of rotatable bonds is 3. The molecule has 20 heavy (non-hydrogen) atoms. The van der Waals surface area contributed by atoms with Gasteiger partial charge in [-0.05, 0) is 28.7 Å². The predicted molar refractivity (Wildman–Crippen MR) is 86.0 cm³/mol. The molecule has 1 fully saturated rings. The fraction of sp³-hybridized carbons (Fsp3) is 0.429. The maximum atomic E-state index is 12.4. The standard InChI is InChI=1S/C14H16IN3O2/c15-13-10-18(4-3-17-5-7-20-8-6-17)14(19)12-9-16-2-1-11(12)13/h1-2,9-10H,3-8H2. The highest BCUT2D eigenvalue weighted by molar-refractivity contribution is 14.1. The van der Waals surface area contributed by atoms with Gasteiger partial charge in [-0.25, -0.2) is 0 Å². The monoisotopic (exact) mass is 385 g/mol. The van der Waals surface area contributed by atoms with Crippen LogP contribution in [0.2, 0.25) is 0 Å². The van der Waals surface area contributed by atoms with E-state index in [9.17, 15) is 4.79 Å². The molecule has 0 amide bonds. The van der Waals surface area contributed by atoms with E-state index in [2.05, 4.69) is 32.5 Å². The van der Waals surface area contributed by atoms with Crippen LogP contribution in [0.15, 0.2) is 29.5 Å². The van der Waals surface area contributed by atoms with Gasteiger partial charge in [0.1, 0.15) is 0 Å². The van der Waals surface area contributed by atoms with E-state index in [1.807, 2.05) is 12.3 Å². The maximum absolute atomic E-state index is 12.4. The minimum atomic E-state index is 0.0433. The molecule has 0 bridgehead atoms. The van der Waals surface area contributed by atoms with Crippen molar-refractivity contribution in [2.75, 3.05) is 32.8 Å². The van der Waals surface area contributed by atoms with E-state index in [0.29, 0.717) is 11.9 Å². The van der Waals surface area contributed by atoms with Crippen LogP contribution in [-0.2, 0) is 11.3 Å². The van der Waals surface area contributed by atoms with Crippen molar-refractivity contribution < 1.29 is 4.74 Å². The van der Waals surface area contributed by atoms with Crippen LogP contribution in [0.1, 0.15) is 0 Å². The lowest BCUT2D eigenvalue weighted by atomic mass is 10.2.